The molecule has 3 nitrogen and oxygen atoms in total. The number of carbonyl (C=O) groups is 1. The van der Waals surface area contributed by atoms with Gasteiger partial charge in [-0.25, -0.2) is 0 Å². The summed E-state index contributed by atoms with van der Waals surface area (Å²) < 4.78 is 0. The first-order valence-electron chi connectivity index (χ1n) is 11.4. The van der Waals surface area contributed by atoms with E-state index in [4.69, 9.17) is 0 Å². The Bertz CT molecular complexity index is 782. The number of hydrogen-bond donors (Lipinski definition) is 2. The summed E-state index contributed by atoms with van der Waals surface area (Å²) in [6.45, 7) is 3.10. The van der Waals surface area contributed by atoms with Crippen LogP contribution in [0, 0.1) is 5.92 Å². The van der Waals surface area contributed by atoms with Gasteiger partial charge in [0.1, 0.15) is 0 Å². The van der Waals surface area contributed by atoms with E-state index in [0.717, 1.165) is 38.3 Å². The van der Waals surface area contributed by atoms with Crippen molar-refractivity contribution in [2.24, 2.45) is 5.92 Å². The third kappa shape index (κ3) is 5.27. The fraction of sp³-hybridized carbons (Fsp3) is 0.500. The molecule has 2 fully saturated rings. The van der Waals surface area contributed by atoms with Gasteiger partial charge < -0.3 is 10.6 Å². The molecular formula is C26H34N2O. The Morgan fingerprint density at radius 2 is 1.69 bits per heavy atom. The summed E-state index contributed by atoms with van der Waals surface area (Å²) in [6.07, 6.45) is 8.02. The molecule has 0 aromatic heterocycles. The minimum Gasteiger partial charge on any atom is -0.349 e. The molecule has 2 aromatic carbocycles. The first kappa shape index (κ1) is 20.2. The van der Waals surface area contributed by atoms with Crippen LogP contribution in [0.25, 0.3) is 0 Å². The summed E-state index contributed by atoms with van der Waals surface area (Å²) in [5.74, 6) is 0.643. The lowest BCUT2D eigenvalue weighted by Gasteiger charge is -2.32. The minimum atomic E-state index is 0.0805. The van der Waals surface area contributed by atoms with Crippen LogP contribution in [0.15, 0.2) is 54.6 Å². The summed E-state index contributed by atoms with van der Waals surface area (Å²) in [5.41, 5.74) is 3.86. The minimum absolute atomic E-state index is 0.0805. The van der Waals surface area contributed by atoms with Crippen LogP contribution >= 0.6 is 0 Å². The van der Waals surface area contributed by atoms with Crippen molar-refractivity contribution in [2.45, 2.75) is 76.4 Å². The van der Waals surface area contributed by atoms with Crippen LogP contribution in [-0.4, -0.2) is 11.9 Å². The van der Waals surface area contributed by atoms with Crippen molar-refractivity contribution in [1.29, 1.82) is 0 Å². The van der Waals surface area contributed by atoms with Gasteiger partial charge in [-0.05, 0) is 54.7 Å². The maximum atomic E-state index is 13.3. The Morgan fingerprint density at radius 3 is 2.38 bits per heavy atom. The number of carbonyl (C=O) groups excluding carboxylic acids is 1. The Hall–Kier alpha value is -2.13. The van der Waals surface area contributed by atoms with Crippen molar-refractivity contribution in [3.63, 3.8) is 0 Å². The topological polar surface area (TPSA) is 41.1 Å². The van der Waals surface area contributed by atoms with Crippen LogP contribution in [0.2, 0.25) is 0 Å². The normalized spacial score (nSPS) is 22.8. The lowest BCUT2D eigenvalue weighted by atomic mass is 9.74. The molecule has 0 radical (unpaired) electrons. The van der Waals surface area contributed by atoms with Crippen LogP contribution in [0.4, 0.5) is 0 Å². The van der Waals surface area contributed by atoms with Crippen molar-refractivity contribution < 1.29 is 4.79 Å². The fourth-order valence-electron chi connectivity index (χ4n) is 4.66. The molecule has 0 heterocycles. The van der Waals surface area contributed by atoms with E-state index < -0.39 is 0 Å². The summed E-state index contributed by atoms with van der Waals surface area (Å²) in [5, 5.41) is 6.93. The number of nitrogens with one attached hydrogen (secondary N) is 2. The Labute approximate surface area is 175 Å². The van der Waals surface area contributed by atoms with Gasteiger partial charge in [-0.2, -0.15) is 0 Å². The van der Waals surface area contributed by atoms with Gasteiger partial charge in [0, 0.05) is 18.5 Å². The lowest BCUT2D eigenvalue weighted by molar-refractivity contribution is -0.127. The second kappa shape index (κ2) is 9.58. The highest BCUT2D eigenvalue weighted by Gasteiger charge is 2.33. The molecule has 2 saturated carbocycles. The highest BCUT2D eigenvalue weighted by molar-refractivity contribution is 5.80. The van der Waals surface area contributed by atoms with Crippen molar-refractivity contribution in [2.75, 3.05) is 0 Å². The first-order chi connectivity index (χ1) is 14.2. The van der Waals surface area contributed by atoms with E-state index in [0.29, 0.717) is 5.92 Å². The van der Waals surface area contributed by atoms with Gasteiger partial charge in [-0.1, -0.05) is 74.4 Å². The maximum Gasteiger partial charge on any atom is 0.224 e. The van der Waals surface area contributed by atoms with Gasteiger partial charge in [0.2, 0.25) is 5.91 Å². The van der Waals surface area contributed by atoms with Gasteiger partial charge in [0.15, 0.2) is 0 Å². The van der Waals surface area contributed by atoms with Gasteiger partial charge in [-0.15, -0.1) is 0 Å². The van der Waals surface area contributed by atoms with Gasteiger partial charge in [0.05, 0.1) is 6.04 Å². The van der Waals surface area contributed by atoms with Gasteiger partial charge >= 0.3 is 0 Å². The average Bonchev–Trinajstić information content (AvgIpc) is 3.61. The Kier molecular flexibility index (Phi) is 6.66. The zero-order chi connectivity index (χ0) is 20.1. The molecule has 3 atom stereocenters. The van der Waals surface area contributed by atoms with Crippen LogP contribution in [0.3, 0.4) is 0 Å². The van der Waals surface area contributed by atoms with E-state index in [2.05, 4.69) is 54.0 Å². The van der Waals surface area contributed by atoms with Crippen molar-refractivity contribution in [1.82, 2.24) is 10.6 Å². The highest BCUT2D eigenvalue weighted by atomic mass is 16.2. The summed E-state index contributed by atoms with van der Waals surface area (Å²) in [6, 6.07) is 20.2. The largest absolute Gasteiger partial charge is 0.349 e. The van der Waals surface area contributed by atoms with Gasteiger partial charge in [0.25, 0.3) is 0 Å². The van der Waals surface area contributed by atoms with E-state index in [1.807, 2.05) is 18.2 Å². The van der Waals surface area contributed by atoms with Crippen LogP contribution < -0.4 is 10.6 Å². The SMILES string of the molecule is CC[C@H](NC(=O)[C@H]1CCCC[C@@H]1c1ccc(CNC2CC2)cc1)c1ccccc1. The molecule has 0 saturated heterocycles. The van der Waals surface area contributed by atoms with E-state index in [1.165, 1.54) is 36.0 Å². The standard InChI is InChI=1S/C26H34N2O/c1-2-25(21-8-4-3-5-9-21)28-26(29)24-11-7-6-10-23(24)20-14-12-19(13-15-20)18-27-22-16-17-22/h3-5,8-9,12-15,22-25,27H,2,6-7,10-11,16-18H2,1H3,(H,28,29)/t23-,24+,25+/m1/s1. The molecule has 2 aliphatic carbocycles. The quantitative estimate of drug-likeness (QED) is 0.627. The third-order valence-corrected chi connectivity index (χ3v) is 6.61. The summed E-state index contributed by atoms with van der Waals surface area (Å²) >= 11 is 0. The first-order valence-corrected chi connectivity index (χ1v) is 11.4. The predicted octanol–water partition coefficient (Wildman–Crippen LogP) is 5.48. The van der Waals surface area contributed by atoms with Crippen molar-refractivity contribution in [3.8, 4) is 0 Å². The van der Waals surface area contributed by atoms with Crippen LogP contribution in [-0.2, 0) is 11.3 Å². The van der Waals surface area contributed by atoms with Crippen LogP contribution in [0.1, 0.15) is 80.5 Å². The summed E-state index contributed by atoms with van der Waals surface area (Å²) in [7, 11) is 0. The Balaban J connectivity index is 1.42. The average molecular weight is 391 g/mol. The monoisotopic (exact) mass is 390 g/mol. The Morgan fingerprint density at radius 1 is 0.966 bits per heavy atom. The van der Waals surface area contributed by atoms with E-state index in [1.54, 1.807) is 0 Å². The molecule has 0 unspecified atom stereocenters. The molecule has 3 heteroatoms. The second-order valence-electron chi connectivity index (χ2n) is 8.77. The lowest BCUT2D eigenvalue weighted by Crippen LogP contribution is -2.38. The highest BCUT2D eigenvalue weighted by Crippen LogP contribution is 2.38. The number of benzene rings is 2. The molecule has 1 amide bonds. The molecule has 0 aliphatic heterocycles. The molecule has 2 N–H and O–H groups in total. The number of rotatable bonds is 8. The number of amides is 1. The molecular weight excluding hydrogens is 356 g/mol. The molecule has 29 heavy (non-hydrogen) atoms. The van der Waals surface area contributed by atoms with Crippen molar-refractivity contribution >= 4 is 5.91 Å². The molecule has 0 bridgehead atoms. The molecule has 2 aromatic rings. The molecule has 2 aliphatic rings. The second-order valence-corrected chi connectivity index (χ2v) is 8.77. The molecule has 0 spiro atoms. The third-order valence-electron chi connectivity index (χ3n) is 6.61. The van der Waals surface area contributed by atoms with E-state index in [-0.39, 0.29) is 17.9 Å². The zero-order valence-corrected chi connectivity index (χ0v) is 17.6. The van der Waals surface area contributed by atoms with Gasteiger partial charge in [-0.3, -0.25) is 4.79 Å². The molecule has 4 rings (SSSR count). The maximum absolute atomic E-state index is 13.3. The molecule has 154 valence electrons. The predicted molar refractivity (Wildman–Crippen MR) is 119 cm³/mol. The smallest absolute Gasteiger partial charge is 0.224 e. The van der Waals surface area contributed by atoms with E-state index in [9.17, 15) is 4.79 Å². The zero-order valence-electron chi connectivity index (χ0n) is 17.6. The van der Waals surface area contributed by atoms with E-state index >= 15 is 0 Å². The number of hydrogen-bond acceptors (Lipinski definition) is 2. The van der Waals surface area contributed by atoms with Crippen LogP contribution in [0.5, 0.6) is 0 Å². The van der Waals surface area contributed by atoms with Crippen molar-refractivity contribution in [3.05, 3.63) is 71.3 Å². The fourth-order valence-corrected chi connectivity index (χ4v) is 4.66. The summed E-state index contributed by atoms with van der Waals surface area (Å²) in [4.78, 5) is 13.3.